The molecular formula is C30H36N4O4S2. The van der Waals surface area contributed by atoms with Crippen LogP contribution in [0.25, 0.3) is 10.1 Å². The van der Waals surface area contributed by atoms with Crippen LogP contribution in [0.2, 0.25) is 0 Å². The van der Waals surface area contributed by atoms with Crippen molar-refractivity contribution in [3.8, 4) is 6.07 Å². The Morgan fingerprint density at radius 3 is 2.55 bits per heavy atom. The number of carbonyl (C=O) groups excluding carboxylic acids is 2. The molecule has 0 bridgehead atoms. The Morgan fingerprint density at radius 2 is 1.82 bits per heavy atom. The van der Waals surface area contributed by atoms with Crippen LogP contribution >= 0.6 is 11.3 Å². The Hall–Kier alpha value is -3.26. The van der Waals surface area contributed by atoms with Gasteiger partial charge in [-0.3, -0.25) is 9.59 Å². The van der Waals surface area contributed by atoms with Crippen LogP contribution in [-0.2, 0) is 26.0 Å². The maximum atomic E-state index is 13.5. The Labute approximate surface area is 240 Å². The molecule has 0 saturated carbocycles. The van der Waals surface area contributed by atoms with Crippen molar-refractivity contribution in [3.63, 3.8) is 0 Å². The first-order valence-corrected chi connectivity index (χ1v) is 15.8. The van der Waals surface area contributed by atoms with Gasteiger partial charge >= 0.3 is 0 Å². The van der Waals surface area contributed by atoms with Crippen LogP contribution in [0.15, 0.2) is 59.5 Å². The standard InChI is InChI=1S/C30H36N4O4S2/c1-21(2)17-25(32-28(35)19-24-18-22-9-4-6-11-26(22)39-24)29(36)33-30(3)13-8-15-34(16-14-30)40(37,38)27-12-7-5-10-23(27)20-31/h4-7,9-12,18,21,25H,8,13-17,19H2,1-3H3,(H,32,35)(H,33,36)/t25-,30?/m0/s1. The second-order valence-electron chi connectivity index (χ2n) is 11.1. The number of amides is 2. The molecule has 2 atom stereocenters. The fraction of sp³-hybridized carbons (Fsp3) is 0.433. The third kappa shape index (κ3) is 7.08. The molecule has 212 valence electrons. The first-order chi connectivity index (χ1) is 19.0. The van der Waals surface area contributed by atoms with Gasteiger partial charge in [0.15, 0.2) is 0 Å². The molecule has 2 N–H and O–H groups in total. The Balaban J connectivity index is 1.42. The van der Waals surface area contributed by atoms with Crippen molar-refractivity contribution >= 4 is 43.3 Å². The monoisotopic (exact) mass is 580 g/mol. The van der Waals surface area contributed by atoms with Crippen LogP contribution in [0.4, 0.5) is 0 Å². The van der Waals surface area contributed by atoms with Crippen LogP contribution in [0.1, 0.15) is 56.9 Å². The zero-order valence-electron chi connectivity index (χ0n) is 23.1. The molecule has 8 nitrogen and oxygen atoms in total. The maximum Gasteiger partial charge on any atom is 0.244 e. The number of hydrogen-bond donors (Lipinski definition) is 2. The summed E-state index contributed by atoms with van der Waals surface area (Å²) in [5.74, 6) is -0.276. The summed E-state index contributed by atoms with van der Waals surface area (Å²) in [6, 6.07) is 17.5. The van der Waals surface area contributed by atoms with Crippen molar-refractivity contribution < 1.29 is 18.0 Å². The number of nitriles is 1. The lowest BCUT2D eigenvalue weighted by Gasteiger charge is -2.32. The van der Waals surface area contributed by atoms with Gasteiger partial charge in [0.25, 0.3) is 0 Å². The summed E-state index contributed by atoms with van der Waals surface area (Å²) >= 11 is 1.57. The number of thiophene rings is 1. The average molecular weight is 581 g/mol. The molecule has 0 radical (unpaired) electrons. The molecule has 10 heteroatoms. The number of hydrogen-bond acceptors (Lipinski definition) is 6. The third-order valence-electron chi connectivity index (χ3n) is 7.27. The van der Waals surface area contributed by atoms with Gasteiger partial charge in [-0.25, -0.2) is 8.42 Å². The smallest absolute Gasteiger partial charge is 0.244 e. The minimum absolute atomic E-state index is 0.00323. The highest BCUT2D eigenvalue weighted by Gasteiger charge is 2.36. The number of carbonyl (C=O) groups is 2. The normalized spacial score (nSPS) is 19.1. The topological polar surface area (TPSA) is 119 Å². The Kier molecular flexibility index (Phi) is 9.29. The quantitative estimate of drug-likeness (QED) is 0.384. The van der Waals surface area contributed by atoms with E-state index in [0.29, 0.717) is 32.2 Å². The summed E-state index contributed by atoms with van der Waals surface area (Å²) in [6.07, 6.45) is 2.25. The largest absolute Gasteiger partial charge is 0.349 e. The molecule has 0 spiro atoms. The van der Waals surface area contributed by atoms with Crippen LogP contribution in [0.3, 0.4) is 0 Å². The van der Waals surface area contributed by atoms with Crippen LogP contribution in [-0.4, -0.2) is 49.2 Å². The highest BCUT2D eigenvalue weighted by Crippen LogP contribution is 2.28. The van der Waals surface area contributed by atoms with Crippen molar-refractivity contribution in [1.29, 1.82) is 5.26 Å². The molecule has 1 unspecified atom stereocenters. The minimum atomic E-state index is -3.85. The van der Waals surface area contributed by atoms with Gasteiger partial charge in [-0.15, -0.1) is 11.3 Å². The van der Waals surface area contributed by atoms with E-state index < -0.39 is 21.6 Å². The Morgan fingerprint density at radius 1 is 1.10 bits per heavy atom. The molecule has 1 fully saturated rings. The van der Waals surface area contributed by atoms with E-state index in [1.54, 1.807) is 23.5 Å². The second kappa shape index (κ2) is 12.5. The zero-order chi connectivity index (χ0) is 28.9. The van der Waals surface area contributed by atoms with Gasteiger partial charge in [0.05, 0.1) is 16.9 Å². The minimum Gasteiger partial charge on any atom is -0.349 e. The van der Waals surface area contributed by atoms with Crippen molar-refractivity contribution in [2.45, 2.75) is 69.4 Å². The number of benzene rings is 2. The summed E-state index contributed by atoms with van der Waals surface area (Å²) < 4.78 is 29.2. The number of sulfonamides is 1. The molecule has 4 rings (SSSR count). The molecule has 2 aromatic carbocycles. The van der Waals surface area contributed by atoms with Crippen LogP contribution in [0.5, 0.6) is 0 Å². The molecule has 1 saturated heterocycles. The van der Waals surface area contributed by atoms with E-state index in [4.69, 9.17) is 0 Å². The molecule has 2 heterocycles. The second-order valence-corrected chi connectivity index (χ2v) is 14.2. The van der Waals surface area contributed by atoms with E-state index in [1.807, 2.05) is 57.2 Å². The van der Waals surface area contributed by atoms with Crippen molar-refractivity contribution in [2.75, 3.05) is 13.1 Å². The fourth-order valence-electron chi connectivity index (χ4n) is 5.16. The summed E-state index contributed by atoms with van der Waals surface area (Å²) in [5, 5.41) is 16.6. The lowest BCUT2D eigenvalue weighted by atomic mass is 9.92. The number of rotatable bonds is 9. The first-order valence-electron chi connectivity index (χ1n) is 13.6. The molecule has 1 aliphatic heterocycles. The van der Waals surface area contributed by atoms with Crippen molar-refractivity contribution in [2.24, 2.45) is 5.92 Å². The fourth-order valence-corrected chi connectivity index (χ4v) is 7.84. The van der Waals surface area contributed by atoms with E-state index in [0.717, 1.165) is 15.0 Å². The van der Waals surface area contributed by atoms with Crippen molar-refractivity contribution in [1.82, 2.24) is 14.9 Å². The lowest BCUT2D eigenvalue weighted by molar-refractivity contribution is -0.130. The van der Waals surface area contributed by atoms with Gasteiger partial charge in [-0.05, 0) is 68.2 Å². The molecule has 40 heavy (non-hydrogen) atoms. The summed E-state index contributed by atoms with van der Waals surface area (Å²) in [4.78, 5) is 27.4. The third-order valence-corrected chi connectivity index (χ3v) is 10.3. The molecule has 1 aliphatic rings. The van der Waals surface area contributed by atoms with Gasteiger partial charge in [-0.2, -0.15) is 9.57 Å². The summed E-state index contributed by atoms with van der Waals surface area (Å²) in [7, 11) is -3.85. The lowest BCUT2D eigenvalue weighted by Crippen LogP contribution is -2.55. The predicted molar refractivity (Wildman–Crippen MR) is 157 cm³/mol. The van der Waals surface area contributed by atoms with E-state index in [1.165, 1.54) is 16.4 Å². The van der Waals surface area contributed by atoms with Crippen LogP contribution in [0, 0.1) is 17.2 Å². The first kappa shape index (κ1) is 29.7. The van der Waals surface area contributed by atoms with Crippen molar-refractivity contribution in [3.05, 3.63) is 65.0 Å². The average Bonchev–Trinajstić information content (AvgIpc) is 3.21. The van der Waals surface area contributed by atoms with E-state index in [9.17, 15) is 23.3 Å². The molecule has 2 amide bonds. The number of nitrogens with zero attached hydrogens (tertiary/aromatic N) is 2. The molecular weight excluding hydrogens is 544 g/mol. The maximum absolute atomic E-state index is 13.5. The van der Waals surface area contributed by atoms with E-state index in [-0.39, 0.29) is 41.2 Å². The van der Waals surface area contributed by atoms with Gasteiger partial charge in [-0.1, -0.05) is 44.2 Å². The zero-order valence-corrected chi connectivity index (χ0v) is 24.8. The molecule has 3 aromatic rings. The van der Waals surface area contributed by atoms with Gasteiger partial charge in [0.1, 0.15) is 12.1 Å². The Bertz CT molecular complexity index is 1490. The summed E-state index contributed by atoms with van der Waals surface area (Å²) in [6.45, 7) is 6.46. The number of fused-ring (bicyclic) bond motifs is 1. The van der Waals surface area contributed by atoms with Gasteiger partial charge < -0.3 is 10.6 Å². The molecule has 0 aliphatic carbocycles. The van der Waals surface area contributed by atoms with E-state index >= 15 is 0 Å². The van der Waals surface area contributed by atoms with E-state index in [2.05, 4.69) is 10.6 Å². The SMILES string of the molecule is CC(C)C[C@H](NC(=O)Cc1cc2ccccc2s1)C(=O)NC1(C)CCCN(S(=O)(=O)c2ccccc2C#N)CC1. The van der Waals surface area contributed by atoms with Crippen LogP contribution < -0.4 is 10.6 Å². The molecule has 1 aromatic heterocycles. The number of nitrogens with one attached hydrogen (secondary N) is 2. The van der Waals surface area contributed by atoms with Gasteiger partial charge in [0.2, 0.25) is 21.8 Å². The highest BCUT2D eigenvalue weighted by molar-refractivity contribution is 7.89. The predicted octanol–water partition coefficient (Wildman–Crippen LogP) is 4.60. The highest BCUT2D eigenvalue weighted by atomic mass is 32.2. The van der Waals surface area contributed by atoms with Gasteiger partial charge in [0, 0.05) is 28.2 Å². The summed E-state index contributed by atoms with van der Waals surface area (Å²) in [5.41, 5.74) is -0.521.